The van der Waals surface area contributed by atoms with Crippen molar-refractivity contribution in [3.63, 3.8) is 0 Å². The third-order valence-corrected chi connectivity index (χ3v) is 6.49. The number of rotatable bonds is 3. The molecule has 3 rings (SSSR count). The van der Waals surface area contributed by atoms with Gasteiger partial charge in [0.25, 0.3) is 0 Å². The molecule has 0 unspecified atom stereocenters. The molecule has 1 fully saturated rings. The van der Waals surface area contributed by atoms with E-state index < -0.39 is 5.60 Å². The SMILES string of the molecule is Cc1nc2c(s1)[C@H](N(C)CC1CCN(C(=O)OC(C)(C)C)CC1)CCC2. The van der Waals surface area contributed by atoms with Crippen LogP contribution in [0.15, 0.2) is 0 Å². The fourth-order valence-corrected chi connectivity index (χ4v) is 5.27. The largest absolute Gasteiger partial charge is 0.444 e. The molecule has 1 aliphatic heterocycles. The van der Waals surface area contributed by atoms with Gasteiger partial charge in [0.05, 0.1) is 10.7 Å². The molecule has 0 saturated carbocycles. The van der Waals surface area contributed by atoms with Gasteiger partial charge in [-0.3, -0.25) is 4.90 Å². The third-order valence-electron chi connectivity index (χ3n) is 5.37. The van der Waals surface area contributed by atoms with Gasteiger partial charge < -0.3 is 9.64 Å². The van der Waals surface area contributed by atoms with E-state index in [0.717, 1.165) is 38.9 Å². The van der Waals surface area contributed by atoms with Gasteiger partial charge >= 0.3 is 6.09 Å². The minimum absolute atomic E-state index is 0.165. The Hall–Kier alpha value is -1.14. The van der Waals surface area contributed by atoms with Gasteiger partial charge in [0.2, 0.25) is 0 Å². The fraction of sp³-hybridized carbons (Fsp3) is 0.800. The van der Waals surface area contributed by atoms with Crippen LogP contribution in [0.4, 0.5) is 4.79 Å². The predicted octanol–water partition coefficient (Wildman–Crippen LogP) is 4.41. The molecule has 1 aliphatic carbocycles. The lowest BCUT2D eigenvalue weighted by Gasteiger charge is -2.37. The van der Waals surface area contributed by atoms with Crippen LogP contribution >= 0.6 is 11.3 Å². The molecule has 2 heterocycles. The number of hydrogen-bond donors (Lipinski definition) is 0. The summed E-state index contributed by atoms with van der Waals surface area (Å²) in [5.74, 6) is 0.651. The van der Waals surface area contributed by atoms with Gasteiger partial charge in [0, 0.05) is 30.6 Å². The maximum Gasteiger partial charge on any atom is 0.410 e. The Morgan fingerprint density at radius 2 is 2.00 bits per heavy atom. The lowest BCUT2D eigenvalue weighted by molar-refractivity contribution is 0.0166. The molecule has 1 aromatic heterocycles. The van der Waals surface area contributed by atoms with Gasteiger partial charge in [0.1, 0.15) is 5.60 Å². The number of fused-ring (bicyclic) bond motifs is 1. The summed E-state index contributed by atoms with van der Waals surface area (Å²) in [6.45, 7) is 10.6. The van der Waals surface area contributed by atoms with Crippen molar-refractivity contribution in [3.8, 4) is 0 Å². The van der Waals surface area contributed by atoms with Gasteiger partial charge in [-0.15, -0.1) is 11.3 Å². The quantitative estimate of drug-likeness (QED) is 0.780. The molecule has 1 amide bonds. The summed E-state index contributed by atoms with van der Waals surface area (Å²) in [7, 11) is 2.26. The van der Waals surface area contributed by atoms with E-state index in [9.17, 15) is 4.79 Å². The molecule has 0 aromatic carbocycles. The van der Waals surface area contributed by atoms with Crippen molar-refractivity contribution in [1.29, 1.82) is 0 Å². The monoisotopic (exact) mass is 379 g/mol. The number of aromatic nitrogens is 1. The molecular weight excluding hydrogens is 346 g/mol. The number of nitrogens with zero attached hydrogens (tertiary/aromatic N) is 3. The number of carbonyl (C=O) groups is 1. The molecule has 146 valence electrons. The lowest BCUT2D eigenvalue weighted by atomic mass is 9.93. The van der Waals surface area contributed by atoms with Gasteiger partial charge in [-0.25, -0.2) is 9.78 Å². The van der Waals surface area contributed by atoms with E-state index in [0.29, 0.717) is 12.0 Å². The molecule has 1 saturated heterocycles. The van der Waals surface area contributed by atoms with Gasteiger partial charge in [-0.2, -0.15) is 0 Å². The van der Waals surface area contributed by atoms with Gasteiger partial charge in [-0.05, 0) is 72.8 Å². The van der Waals surface area contributed by atoms with E-state index >= 15 is 0 Å². The van der Waals surface area contributed by atoms with Crippen LogP contribution in [-0.4, -0.2) is 53.2 Å². The zero-order valence-electron chi connectivity index (χ0n) is 16.9. The standard InChI is InChI=1S/C20H33N3O2S/c1-14-21-16-7-6-8-17(18(16)26-14)22(5)13-15-9-11-23(12-10-15)19(24)25-20(2,3)4/h15,17H,6-13H2,1-5H3/t17-/m1/s1. The third kappa shape index (κ3) is 4.77. The molecule has 1 aromatic rings. The van der Waals surface area contributed by atoms with Crippen molar-refractivity contribution in [2.24, 2.45) is 5.92 Å². The minimum atomic E-state index is -0.417. The topological polar surface area (TPSA) is 45.7 Å². The summed E-state index contributed by atoms with van der Waals surface area (Å²) in [4.78, 5) is 22.8. The molecular formula is C20H33N3O2S. The number of ether oxygens (including phenoxy) is 1. The average molecular weight is 380 g/mol. The van der Waals surface area contributed by atoms with Crippen LogP contribution in [0.1, 0.15) is 68.1 Å². The van der Waals surface area contributed by atoms with Gasteiger partial charge in [-0.1, -0.05) is 0 Å². The normalized spacial score (nSPS) is 21.8. The van der Waals surface area contributed by atoms with Crippen LogP contribution in [0, 0.1) is 12.8 Å². The molecule has 6 heteroatoms. The number of piperidine rings is 1. The second-order valence-electron chi connectivity index (χ2n) is 8.80. The number of carbonyl (C=O) groups excluding carboxylic acids is 1. The second kappa shape index (κ2) is 7.85. The fourth-order valence-electron chi connectivity index (χ4n) is 4.10. The molecule has 1 atom stereocenters. The van der Waals surface area contributed by atoms with Crippen LogP contribution in [0.5, 0.6) is 0 Å². The van der Waals surface area contributed by atoms with E-state index in [2.05, 4.69) is 18.9 Å². The Balaban J connectivity index is 1.51. The predicted molar refractivity (Wildman–Crippen MR) is 106 cm³/mol. The first-order chi connectivity index (χ1) is 12.2. The maximum atomic E-state index is 12.2. The van der Waals surface area contributed by atoms with Crippen LogP contribution in [0.2, 0.25) is 0 Å². The summed E-state index contributed by atoms with van der Waals surface area (Å²) < 4.78 is 5.50. The average Bonchev–Trinajstić information content (AvgIpc) is 2.93. The van der Waals surface area contributed by atoms with E-state index in [-0.39, 0.29) is 6.09 Å². The number of hydrogen-bond acceptors (Lipinski definition) is 5. The number of amides is 1. The Morgan fingerprint density at radius 3 is 2.65 bits per heavy atom. The first-order valence-corrected chi connectivity index (χ1v) is 10.7. The van der Waals surface area contributed by atoms with E-state index in [1.54, 1.807) is 0 Å². The first-order valence-electron chi connectivity index (χ1n) is 9.87. The summed E-state index contributed by atoms with van der Waals surface area (Å²) in [5, 5.41) is 1.20. The van der Waals surface area contributed by atoms with Crippen LogP contribution < -0.4 is 0 Å². The summed E-state index contributed by atoms with van der Waals surface area (Å²) in [6, 6.07) is 0.522. The molecule has 0 N–H and O–H groups in total. The molecule has 5 nitrogen and oxygen atoms in total. The lowest BCUT2D eigenvalue weighted by Crippen LogP contribution is -2.43. The highest BCUT2D eigenvalue weighted by Crippen LogP contribution is 2.38. The van der Waals surface area contributed by atoms with Crippen molar-refractivity contribution < 1.29 is 9.53 Å². The zero-order valence-corrected chi connectivity index (χ0v) is 17.7. The Labute approximate surface area is 161 Å². The van der Waals surface area contributed by atoms with Crippen molar-refractivity contribution in [1.82, 2.24) is 14.8 Å². The first kappa shape index (κ1) is 19.6. The molecule has 0 radical (unpaired) electrons. The van der Waals surface area contributed by atoms with Crippen LogP contribution in [0.3, 0.4) is 0 Å². The highest BCUT2D eigenvalue weighted by Gasteiger charge is 2.31. The molecule has 0 bridgehead atoms. The zero-order chi connectivity index (χ0) is 18.9. The minimum Gasteiger partial charge on any atom is -0.444 e. The highest BCUT2D eigenvalue weighted by molar-refractivity contribution is 7.11. The smallest absolute Gasteiger partial charge is 0.410 e. The highest BCUT2D eigenvalue weighted by atomic mass is 32.1. The van der Waals surface area contributed by atoms with E-state index in [1.807, 2.05) is 37.0 Å². The Morgan fingerprint density at radius 1 is 1.31 bits per heavy atom. The number of likely N-dealkylation sites (tertiary alicyclic amines) is 1. The Kier molecular flexibility index (Phi) is 5.92. The van der Waals surface area contributed by atoms with Gasteiger partial charge in [0.15, 0.2) is 0 Å². The van der Waals surface area contributed by atoms with Crippen molar-refractivity contribution in [2.75, 3.05) is 26.7 Å². The Bertz CT molecular complexity index is 629. The van der Waals surface area contributed by atoms with Crippen molar-refractivity contribution in [3.05, 3.63) is 15.6 Å². The summed E-state index contributed by atoms with van der Waals surface area (Å²) in [6.07, 6.45) is 5.57. The van der Waals surface area contributed by atoms with E-state index in [4.69, 9.17) is 9.72 Å². The van der Waals surface area contributed by atoms with Crippen molar-refractivity contribution in [2.45, 2.75) is 71.4 Å². The number of thiazole rings is 1. The maximum absolute atomic E-state index is 12.2. The molecule has 0 spiro atoms. The molecule has 26 heavy (non-hydrogen) atoms. The van der Waals surface area contributed by atoms with Crippen molar-refractivity contribution >= 4 is 17.4 Å². The number of aryl methyl sites for hydroxylation is 2. The molecule has 2 aliphatic rings. The summed E-state index contributed by atoms with van der Waals surface area (Å²) >= 11 is 1.88. The second-order valence-corrected chi connectivity index (χ2v) is 10.0. The van der Waals surface area contributed by atoms with Crippen LogP contribution in [-0.2, 0) is 11.2 Å². The van der Waals surface area contributed by atoms with Crippen LogP contribution in [0.25, 0.3) is 0 Å². The summed E-state index contributed by atoms with van der Waals surface area (Å²) in [5.41, 5.74) is 0.912. The van der Waals surface area contributed by atoms with E-state index in [1.165, 1.54) is 28.4 Å².